The van der Waals surface area contributed by atoms with Crippen molar-refractivity contribution in [1.29, 1.82) is 0 Å². The van der Waals surface area contributed by atoms with Crippen LogP contribution in [0.25, 0.3) is 0 Å². The quantitative estimate of drug-likeness (QED) is 0.283. The third-order valence-corrected chi connectivity index (χ3v) is 1.78. The highest BCUT2D eigenvalue weighted by atomic mass is 16.6. The first-order valence-electron chi connectivity index (χ1n) is 4.95. The molecular weight excluding hydrogens is 196 g/mol. The van der Waals surface area contributed by atoms with Crippen molar-refractivity contribution in [2.75, 3.05) is 6.54 Å². The zero-order valence-corrected chi connectivity index (χ0v) is 8.94. The molecule has 0 aromatic heterocycles. The molecule has 0 radical (unpaired) electrons. The van der Waals surface area contributed by atoms with Crippen LogP contribution in [0.3, 0.4) is 0 Å². The van der Waals surface area contributed by atoms with Gasteiger partial charge in [-0.15, -0.1) is 0 Å². The van der Waals surface area contributed by atoms with Gasteiger partial charge in [0, 0.05) is 6.08 Å². The predicted molar refractivity (Wildman–Crippen MR) is 56.8 cm³/mol. The summed E-state index contributed by atoms with van der Waals surface area (Å²) in [4.78, 5) is 22.1. The molecule has 0 amide bonds. The maximum Gasteiger partial charge on any atom is 0.338 e. The van der Waals surface area contributed by atoms with Crippen molar-refractivity contribution < 1.29 is 14.3 Å². The Morgan fingerprint density at radius 1 is 1.40 bits per heavy atom. The van der Waals surface area contributed by atoms with Crippen LogP contribution in [-0.4, -0.2) is 24.5 Å². The first-order valence-corrected chi connectivity index (χ1v) is 4.95. The summed E-state index contributed by atoms with van der Waals surface area (Å²) in [5.74, 6) is -1.37. The summed E-state index contributed by atoms with van der Waals surface area (Å²) in [7, 11) is 0. The Labute approximate surface area is 89.5 Å². The second-order valence-electron chi connectivity index (χ2n) is 3.13. The molecule has 0 fully saturated rings. The van der Waals surface area contributed by atoms with E-state index in [-0.39, 0.29) is 0 Å². The average molecular weight is 214 g/mol. The van der Waals surface area contributed by atoms with Gasteiger partial charge in [0.2, 0.25) is 0 Å². The third kappa shape index (κ3) is 6.82. The maximum atomic E-state index is 11.2. The van der Waals surface area contributed by atoms with Crippen molar-refractivity contribution in [3.8, 4) is 0 Å². The van der Waals surface area contributed by atoms with E-state index in [2.05, 4.69) is 4.74 Å². The minimum absolute atomic E-state index is 0.485. The van der Waals surface area contributed by atoms with E-state index in [9.17, 15) is 9.59 Å². The highest BCUT2D eigenvalue weighted by molar-refractivity contribution is 5.93. The Balaban J connectivity index is 3.83. The van der Waals surface area contributed by atoms with Crippen LogP contribution in [0.5, 0.6) is 0 Å². The van der Waals surface area contributed by atoms with Crippen molar-refractivity contribution >= 4 is 11.9 Å². The zero-order chi connectivity index (χ0) is 11.7. The van der Waals surface area contributed by atoms with Gasteiger partial charge in [-0.1, -0.05) is 12.5 Å². The van der Waals surface area contributed by atoms with E-state index in [1.165, 1.54) is 12.2 Å². The molecule has 0 unspecified atom stereocenters. The molecule has 0 aliphatic heterocycles. The van der Waals surface area contributed by atoms with Gasteiger partial charge in [-0.25, -0.2) is 9.59 Å². The first-order chi connectivity index (χ1) is 7.11. The van der Waals surface area contributed by atoms with Gasteiger partial charge in [0.15, 0.2) is 0 Å². The Hall–Kier alpha value is -1.20. The monoisotopic (exact) mass is 214 g/mol. The molecule has 0 aliphatic carbocycles. The summed E-state index contributed by atoms with van der Waals surface area (Å²) in [6.07, 6.45) is 4.72. The molecule has 0 bridgehead atoms. The molecule has 15 heavy (non-hydrogen) atoms. The fraction of sp³-hybridized carbons (Fsp3) is 0.600. The summed E-state index contributed by atoms with van der Waals surface area (Å²) in [6.45, 7) is 2.23. The number of hydrogen-bond acceptors (Lipinski definition) is 5. The van der Waals surface area contributed by atoms with Crippen molar-refractivity contribution in [2.45, 2.75) is 32.2 Å². The number of carbonyl (C=O) groups excluding carboxylic acids is 2. The molecule has 5 heteroatoms. The first kappa shape index (κ1) is 13.8. The molecule has 0 rings (SSSR count). The number of ether oxygens (including phenoxy) is 1. The standard InChI is InChI=1S/C10H18N2O3/c1-2-5-9(13)15-10(14)8(12)6-3-4-7-11/h2,5,8H,3-4,6-7,11-12H2,1H3/t8-/m0/s1. The van der Waals surface area contributed by atoms with Gasteiger partial charge in [-0.05, 0) is 26.3 Å². The minimum atomic E-state index is -0.745. The normalized spacial score (nSPS) is 12.7. The Morgan fingerprint density at radius 2 is 2.07 bits per heavy atom. The van der Waals surface area contributed by atoms with Crippen molar-refractivity contribution in [1.82, 2.24) is 0 Å². The van der Waals surface area contributed by atoms with Crippen molar-refractivity contribution in [3.05, 3.63) is 12.2 Å². The van der Waals surface area contributed by atoms with E-state index in [0.29, 0.717) is 13.0 Å². The molecule has 0 saturated carbocycles. The molecule has 86 valence electrons. The van der Waals surface area contributed by atoms with Crippen LogP contribution in [0.1, 0.15) is 26.2 Å². The maximum absolute atomic E-state index is 11.2. The Kier molecular flexibility index (Phi) is 7.49. The second-order valence-corrected chi connectivity index (χ2v) is 3.13. The predicted octanol–water partition coefficient (Wildman–Crippen LogP) is 0.0886. The SMILES string of the molecule is CC=CC(=O)OC(=O)[C@@H](N)CCCCN. The molecule has 1 atom stereocenters. The van der Waals surface area contributed by atoms with E-state index < -0.39 is 18.0 Å². The number of carbonyl (C=O) groups is 2. The zero-order valence-electron chi connectivity index (χ0n) is 8.94. The van der Waals surface area contributed by atoms with E-state index in [4.69, 9.17) is 11.5 Å². The number of allylic oxidation sites excluding steroid dienone is 1. The fourth-order valence-electron chi connectivity index (χ4n) is 0.971. The van der Waals surface area contributed by atoms with Crippen LogP contribution in [-0.2, 0) is 14.3 Å². The second kappa shape index (κ2) is 8.14. The summed E-state index contributed by atoms with van der Waals surface area (Å²) in [6, 6.07) is -0.745. The number of esters is 2. The summed E-state index contributed by atoms with van der Waals surface area (Å²) >= 11 is 0. The minimum Gasteiger partial charge on any atom is -0.389 e. The molecular formula is C10H18N2O3. The highest BCUT2D eigenvalue weighted by Crippen LogP contribution is 2.00. The lowest BCUT2D eigenvalue weighted by Crippen LogP contribution is -2.33. The lowest BCUT2D eigenvalue weighted by atomic mass is 10.1. The van der Waals surface area contributed by atoms with E-state index in [0.717, 1.165) is 12.8 Å². The van der Waals surface area contributed by atoms with E-state index in [1.54, 1.807) is 6.92 Å². The van der Waals surface area contributed by atoms with Gasteiger partial charge in [0.05, 0.1) is 0 Å². The Morgan fingerprint density at radius 3 is 2.60 bits per heavy atom. The van der Waals surface area contributed by atoms with Gasteiger partial charge >= 0.3 is 11.9 Å². The summed E-state index contributed by atoms with van der Waals surface area (Å²) < 4.78 is 4.46. The van der Waals surface area contributed by atoms with Crippen LogP contribution in [0.15, 0.2) is 12.2 Å². The third-order valence-electron chi connectivity index (χ3n) is 1.78. The molecule has 0 aliphatic rings. The van der Waals surface area contributed by atoms with Crippen LogP contribution in [0.2, 0.25) is 0 Å². The van der Waals surface area contributed by atoms with Gasteiger partial charge < -0.3 is 16.2 Å². The smallest absolute Gasteiger partial charge is 0.338 e. The number of unbranched alkanes of at least 4 members (excludes halogenated alkanes) is 1. The summed E-state index contributed by atoms with van der Waals surface area (Å²) in [5.41, 5.74) is 10.8. The van der Waals surface area contributed by atoms with Gasteiger partial charge in [-0.2, -0.15) is 0 Å². The van der Waals surface area contributed by atoms with Crippen LogP contribution in [0.4, 0.5) is 0 Å². The van der Waals surface area contributed by atoms with Crippen molar-refractivity contribution in [3.63, 3.8) is 0 Å². The average Bonchev–Trinajstić information content (AvgIpc) is 2.18. The fourth-order valence-corrected chi connectivity index (χ4v) is 0.971. The van der Waals surface area contributed by atoms with Gasteiger partial charge in [0.25, 0.3) is 0 Å². The highest BCUT2D eigenvalue weighted by Gasteiger charge is 2.16. The molecule has 0 aromatic rings. The van der Waals surface area contributed by atoms with E-state index >= 15 is 0 Å². The van der Waals surface area contributed by atoms with Crippen LogP contribution in [0, 0.1) is 0 Å². The molecule has 0 aromatic carbocycles. The number of nitrogens with two attached hydrogens (primary N) is 2. The Bertz CT molecular complexity index is 239. The van der Waals surface area contributed by atoms with E-state index in [1.807, 2.05) is 0 Å². The number of hydrogen-bond donors (Lipinski definition) is 2. The summed E-state index contributed by atoms with van der Waals surface area (Å²) in [5, 5.41) is 0. The topological polar surface area (TPSA) is 95.4 Å². The molecule has 4 N–H and O–H groups in total. The largest absolute Gasteiger partial charge is 0.389 e. The lowest BCUT2D eigenvalue weighted by Gasteiger charge is -2.08. The molecule has 0 spiro atoms. The van der Waals surface area contributed by atoms with Gasteiger partial charge in [0.1, 0.15) is 6.04 Å². The van der Waals surface area contributed by atoms with Crippen LogP contribution >= 0.6 is 0 Å². The number of rotatable bonds is 6. The molecule has 0 heterocycles. The van der Waals surface area contributed by atoms with Gasteiger partial charge in [-0.3, -0.25) is 0 Å². The molecule has 0 saturated heterocycles. The van der Waals surface area contributed by atoms with Crippen LogP contribution < -0.4 is 11.5 Å². The molecule has 5 nitrogen and oxygen atoms in total. The van der Waals surface area contributed by atoms with Crippen molar-refractivity contribution in [2.24, 2.45) is 11.5 Å². The lowest BCUT2D eigenvalue weighted by molar-refractivity contribution is -0.157.